The molecule has 16 heavy (non-hydrogen) atoms. The van der Waals surface area contributed by atoms with Crippen molar-refractivity contribution in [2.45, 2.75) is 13.0 Å². The molecule has 0 aromatic heterocycles. The SMILES string of the molecule is CCN(C)C(=O)N1CCN2C(=O)NCC2C1. The summed E-state index contributed by atoms with van der Waals surface area (Å²) >= 11 is 0. The van der Waals surface area contributed by atoms with E-state index in [1.54, 1.807) is 11.9 Å². The Morgan fingerprint density at radius 3 is 3.00 bits per heavy atom. The molecule has 0 aliphatic carbocycles. The van der Waals surface area contributed by atoms with Crippen molar-refractivity contribution in [1.29, 1.82) is 0 Å². The molecule has 6 heteroatoms. The third kappa shape index (κ3) is 1.79. The summed E-state index contributed by atoms with van der Waals surface area (Å²) in [5.74, 6) is 0. The van der Waals surface area contributed by atoms with Crippen LogP contribution in [0, 0.1) is 0 Å². The van der Waals surface area contributed by atoms with Gasteiger partial charge in [0.05, 0.1) is 6.04 Å². The van der Waals surface area contributed by atoms with Gasteiger partial charge >= 0.3 is 12.1 Å². The second kappa shape index (κ2) is 4.19. The first-order chi connectivity index (χ1) is 7.63. The van der Waals surface area contributed by atoms with Crippen molar-refractivity contribution in [2.75, 3.05) is 39.8 Å². The molecule has 1 atom stereocenters. The van der Waals surface area contributed by atoms with Gasteiger partial charge in [0, 0.05) is 39.8 Å². The van der Waals surface area contributed by atoms with Crippen LogP contribution >= 0.6 is 0 Å². The molecule has 0 aromatic carbocycles. The first-order valence-corrected chi connectivity index (χ1v) is 5.68. The number of hydrogen-bond acceptors (Lipinski definition) is 2. The number of hydrogen-bond donors (Lipinski definition) is 1. The first-order valence-electron chi connectivity index (χ1n) is 5.68. The van der Waals surface area contributed by atoms with E-state index in [1.807, 2.05) is 16.7 Å². The summed E-state index contributed by atoms with van der Waals surface area (Å²) in [6.45, 7) is 5.23. The van der Waals surface area contributed by atoms with Gasteiger partial charge in [-0.25, -0.2) is 9.59 Å². The van der Waals surface area contributed by atoms with E-state index in [0.29, 0.717) is 32.7 Å². The topological polar surface area (TPSA) is 55.9 Å². The second-order valence-corrected chi connectivity index (χ2v) is 4.28. The Bertz CT molecular complexity index is 307. The van der Waals surface area contributed by atoms with Crippen LogP contribution in [0.3, 0.4) is 0 Å². The van der Waals surface area contributed by atoms with Crippen molar-refractivity contribution in [1.82, 2.24) is 20.0 Å². The van der Waals surface area contributed by atoms with E-state index in [2.05, 4.69) is 5.32 Å². The molecule has 0 bridgehead atoms. The van der Waals surface area contributed by atoms with E-state index in [4.69, 9.17) is 0 Å². The van der Waals surface area contributed by atoms with Crippen molar-refractivity contribution in [3.8, 4) is 0 Å². The van der Waals surface area contributed by atoms with Gasteiger partial charge in [0.2, 0.25) is 0 Å². The minimum atomic E-state index is 0.000875. The van der Waals surface area contributed by atoms with E-state index in [0.717, 1.165) is 0 Å². The standard InChI is InChI=1S/C10H18N4O2/c1-3-12(2)10(16)13-4-5-14-8(7-13)6-11-9(14)15/h8H,3-7H2,1-2H3,(H,11,15). The van der Waals surface area contributed by atoms with Crippen molar-refractivity contribution in [3.63, 3.8) is 0 Å². The monoisotopic (exact) mass is 226 g/mol. The summed E-state index contributed by atoms with van der Waals surface area (Å²) in [4.78, 5) is 28.6. The molecule has 4 amide bonds. The van der Waals surface area contributed by atoms with E-state index in [1.165, 1.54) is 0 Å². The highest BCUT2D eigenvalue weighted by Crippen LogP contribution is 2.15. The number of rotatable bonds is 1. The van der Waals surface area contributed by atoms with Crippen molar-refractivity contribution < 1.29 is 9.59 Å². The Morgan fingerprint density at radius 2 is 2.31 bits per heavy atom. The van der Waals surface area contributed by atoms with Gasteiger partial charge in [-0.3, -0.25) is 0 Å². The van der Waals surface area contributed by atoms with E-state index >= 15 is 0 Å². The van der Waals surface area contributed by atoms with Crippen LogP contribution < -0.4 is 5.32 Å². The lowest BCUT2D eigenvalue weighted by atomic mass is 10.2. The maximum absolute atomic E-state index is 11.9. The third-order valence-corrected chi connectivity index (χ3v) is 3.30. The van der Waals surface area contributed by atoms with E-state index < -0.39 is 0 Å². The fraction of sp³-hybridized carbons (Fsp3) is 0.800. The number of nitrogens with zero attached hydrogens (tertiary/aromatic N) is 3. The van der Waals surface area contributed by atoms with Crippen LogP contribution in [0.15, 0.2) is 0 Å². The largest absolute Gasteiger partial charge is 0.336 e. The molecule has 0 spiro atoms. The predicted octanol–water partition coefficient (Wildman–Crippen LogP) is -0.232. The molecule has 2 aliphatic rings. The molecular weight excluding hydrogens is 208 g/mol. The second-order valence-electron chi connectivity index (χ2n) is 4.28. The molecule has 2 heterocycles. The zero-order valence-electron chi connectivity index (χ0n) is 9.77. The van der Waals surface area contributed by atoms with E-state index in [9.17, 15) is 9.59 Å². The lowest BCUT2D eigenvalue weighted by molar-refractivity contribution is 0.113. The molecule has 0 radical (unpaired) electrons. The summed E-state index contributed by atoms with van der Waals surface area (Å²) < 4.78 is 0. The van der Waals surface area contributed by atoms with Crippen LogP contribution in [0.2, 0.25) is 0 Å². The molecule has 0 aromatic rings. The fourth-order valence-electron chi connectivity index (χ4n) is 2.15. The average molecular weight is 226 g/mol. The molecule has 0 saturated carbocycles. The minimum absolute atomic E-state index is 0.000875. The first kappa shape index (κ1) is 11.0. The van der Waals surface area contributed by atoms with Crippen LogP contribution in [-0.4, -0.2) is 72.6 Å². The van der Waals surface area contributed by atoms with Gasteiger partial charge < -0.3 is 20.0 Å². The molecule has 2 aliphatic heterocycles. The zero-order chi connectivity index (χ0) is 11.7. The molecule has 1 unspecified atom stereocenters. The minimum Gasteiger partial charge on any atom is -0.336 e. The molecule has 2 fully saturated rings. The average Bonchev–Trinajstić information content (AvgIpc) is 2.68. The Morgan fingerprint density at radius 1 is 1.56 bits per heavy atom. The Labute approximate surface area is 95.2 Å². The van der Waals surface area contributed by atoms with Crippen LogP contribution in [0.25, 0.3) is 0 Å². The van der Waals surface area contributed by atoms with Crippen LogP contribution in [0.1, 0.15) is 6.92 Å². The highest BCUT2D eigenvalue weighted by atomic mass is 16.2. The van der Waals surface area contributed by atoms with Crippen molar-refractivity contribution in [2.24, 2.45) is 0 Å². The zero-order valence-corrected chi connectivity index (χ0v) is 9.77. The maximum Gasteiger partial charge on any atom is 0.319 e. The van der Waals surface area contributed by atoms with Crippen LogP contribution in [-0.2, 0) is 0 Å². The van der Waals surface area contributed by atoms with Gasteiger partial charge in [-0.05, 0) is 6.92 Å². The highest BCUT2D eigenvalue weighted by molar-refractivity contribution is 5.78. The van der Waals surface area contributed by atoms with Crippen LogP contribution in [0.5, 0.6) is 0 Å². The van der Waals surface area contributed by atoms with Crippen molar-refractivity contribution in [3.05, 3.63) is 0 Å². The quantitative estimate of drug-likeness (QED) is 0.671. The molecule has 2 rings (SSSR count). The van der Waals surface area contributed by atoms with Gasteiger partial charge in [-0.15, -0.1) is 0 Å². The maximum atomic E-state index is 11.9. The molecule has 2 saturated heterocycles. The van der Waals surface area contributed by atoms with Gasteiger partial charge in [0.25, 0.3) is 0 Å². The Balaban J connectivity index is 1.96. The molecule has 6 nitrogen and oxygen atoms in total. The van der Waals surface area contributed by atoms with E-state index in [-0.39, 0.29) is 18.1 Å². The number of nitrogens with one attached hydrogen (secondary N) is 1. The fourth-order valence-corrected chi connectivity index (χ4v) is 2.15. The lowest BCUT2D eigenvalue weighted by Crippen LogP contribution is -2.56. The molecular formula is C10H18N4O2. The summed E-state index contributed by atoms with van der Waals surface area (Å²) in [6.07, 6.45) is 0. The van der Waals surface area contributed by atoms with Gasteiger partial charge in [0.1, 0.15) is 0 Å². The molecule has 1 N–H and O–H groups in total. The lowest BCUT2D eigenvalue weighted by Gasteiger charge is -2.37. The number of urea groups is 2. The summed E-state index contributed by atoms with van der Waals surface area (Å²) in [6, 6.07) is 0.206. The van der Waals surface area contributed by atoms with Gasteiger partial charge in [0.15, 0.2) is 0 Å². The Kier molecular flexibility index (Phi) is 2.89. The molecule has 90 valence electrons. The summed E-state index contributed by atoms with van der Waals surface area (Å²) in [5.41, 5.74) is 0. The number of piperazine rings is 1. The van der Waals surface area contributed by atoms with Gasteiger partial charge in [-0.2, -0.15) is 0 Å². The van der Waals surface area contributed by atoms with Crippen LogP contribution in [0.4, 0.5) is 9.59 Å². The normalized spacial score (nSPS) is 24.1. The predicted molar refractivity (Wildman–Crippen MR) is 59.2 cm³/mol. The number of amides is 4. The Hall–Kier alpha value is -1.46. The van der Waals surface area contributed by atoms with Crippen molar-refractivity contribution >= 4 is 12.1 Å². The number of fused-ring (bicyclic) bond motifs is 1. The van der Waals surface area contributed by atoms with Gasteiger partial charge in [-0.1, -0.05) is 0 Å². The summed E-state index contributed by atoms with van der Waals surface area (Å²) in [7, 11) is 1.80. The number of carbonyl (C=O) groups excluding carboxylic acids is 2. The smallest absolute Gasteiger partial charge is 0.319 e. The summed E-state index contributed by atoms with van der Waals surface area (Å²) in [5, 5.41) is 2.80. The third-order valence-electron chi connectivity index (χ3n) is 3.30. The highest BCUT2D eigenvalue weighted by Gasteiger charge is 2.37. The number of carbonyl (C=O) groups is 2.